The molecule has 0 amide bonds. The number of anilines is 1. The fourth-order valence-corrected chi connectivity index (χ4v) is 3.11. The SMILES string of the molecule is COCc1ncc(-c2noc(C3CCCC(C(=O)OC)C3)n2)c(N)n1. The van der Waals surface area contributed by atoms with Gasteiger partial charge in [0.05, 0.1) is 18.6 Å². The molecule has 9 heteroatoms. The Hall–Kier alpha value is -2.55. The van der Waals surface area contributed by atoms with E-state index in [1.54, 1.807) is 13.3 Å². The van der Waals surface area contributed by atoms with Gasteiger partial charge in [0, 0.05) is 19.2 Å². The third-order valence-electron chi connectivity index (χ3n) is 4.38. The van der Waals surface area contributed by atoms with Crippen molar-refractivity contribution >= 4 is 11.8 Å². The summed E-state index contributed by atoms with van der Waals surface area (Å²) in [7, 11) is 2.97. The predicted octanol–water partition coefficient (Wildman–Crippen LogP) is 1.70. The minimum absolute atomic E-state index is 0.0361. The maximum Gasteiger partial charge on any atom is 0.308 e. The Bertz CT molecular complexity index is 748. The topological polar surface area (TPSA) is 126 Å². The Morgan fingerprint density at radius 3 is 2.92 bits per heavy atom. The normalized spacial score (nSPS) is 20.4. The third-order valence-corrected chi connectivity index (χ3v) is 4.38. The number of hydrogen-bond donors (Lipinski definition) is 1. The highest BCUT2D eigenvalue weighted by Gasteiger charge is 2.32. The van der Waals surface area contributed by atoms with Gasteiger partial charge in [-0.15, -0.1) is 0 Å². The van der Waals surface area contributed by atoms with Crippen LogP contribution in [0.1, 0.15) is 43.3 Å². The summed E-state index contributed by atoms with van der Waals surface area (Å²) >= 11 is 0. The molecule has 2 aromatic heterocycles. The van der Waals surface area contributed by atoms with Gasteiger partial charge in [0.2, 0.25) is 11.7 Å². The molecular weight excluding hydrogens is 326 g/mol. The molecule has 0 spiro atoms. The second-order valence-corrected chi connectivity index (χ2v) is 6.06. The average Bonchev–Trinajstić information content (AvgIpc) is 3.11. The van der Waals surface area contributed by atoms with Crippen LogP contribution in [-0.2, 0) is 20.9 Å². The second kappa shape index (κ2) is 7.56. The maximum absolute atomic E-state index is 11.8. The van der Waals surface area contributed by atoms with E-state index in [9.17, 15) is 4.79 Å². The van der Waals surface area contributed by atoms with Crippen LogP contribution in [0.4, 0.5) is 5.82 Å². The minimum atomic E-state index is -0.184. The second-order valence-electron chi connectivity index (χ2n) is 6.06. The zero-order valence-electron chi connectivity index (χ0n) is 14.3. The van der Waals surface area contributed by atoms with E-state index in [0.717, 1.165) is 19.3 Å². The van der Waals surface area contributed by atoms with Crippen LogP contribution in [-0.4, -0.2) is 40.3 Å². The first-order valence-corrected chi connectivity index (χ1v) is 8.14. The molecule has 1 fully saturated rings. The largest absolute Gasteiger partial charge is 0.469 e. The van der Waals surface area contributed by atoms with Crippen LogP contribution < -0.4 is 5.73 Å². The molecule has 0 radical (unpaired) electrons. The molecule has 2 N–H and O–H groups in total. The monoisotopic (exact) mass is 347 g/mol. The first-order valence-electron chi connectivity index (χ1n) is 8.14. The van der Waals surface area contributed by atoms with Gasteiger partial charge in [0.25, 0.3) is 0 Å². The van der Waals surface area contributed by atoms with E-state index in [2.05, 4.69) is 20.1 Å². The third kappa shape index (κ3) is 3.76. The number of nitrogens with zero attached hydrogens (tertiary/aromatic N) is 4. The first-order chi connectivity index (χ1) is 12.1. The van der Waals surface area contributed by atoms with Gasteiger partial charge in [-0.2, -0.15) is 4.98 Å². The molecule has 2 heterocycles. The molecule has 25 heavy (non-hydrogen) atoms. The Labute approximate surface area is 144 Å². The number of nitrogen functional groups attached to an aromatic ring is 1. The Kier molecular flexibility index (Phi) is 5.22. The summed E-state index contributed by atoms with van der Waals surface area (Å²) < 4.78 is 15.2. The molecule has 0 aliphatic heterocycles. The van der Waals surface area contributed by atoms with Gasteiger partial charge in [-0.05, 0) is 19.3 Å². The van der Waals surface area contributed by atoms with E-state index in [0.29, 0.717) is 29.5 Å². The van der Waals surface area contributed by atoms with E-state index in [4.69, 9.17) is 19.7 Å². The van der Waals surface area contributed by atoms with Gasteiger partial charge >= 0.3 is 5.97 Å². The van der Waals surface area contributed by atoms with Crippen LogP contribution in [0.15, 0.2) is 10.7 Å². The van der Waals surface area contributed by atoms with Crippen molar-refractivity contribution in [3.8, 4) is 11.4 Å². The summed E-state index contributed by atoms with van der Waals surface area (Å²) in [5.74, 6) is 1.33. The summed E-state index contributed by atoms with van der Waals surface area (Å²) in [5.41, 5.74) is 6.47. The van der Waals surface area contributed by atoms with Crippen molar-refractivity contribution in [3.63, 3.8) is 0 Å². The molecule has 1 aliphatic rings. The fraction of sp³-hybridized carbons (Fsp3) is 0.562. The molecule has 2 atom stereocenters. The van der Waals surface area contributed by atoms with Gasteiger partial charge in [-0.1, -0.05) is 11.6 Å². The Morgan fingerprint density at radius 2 is 2.20 bits per heavy atom. The maximum atomic E-state index is 11.8. The van der Waals surface area contributed by atoms with Crippen LogP contribution in [0.2, 0.25) is 0 Å². The van der Waals surface area contributed by atoms with Crippen molar-refractivity contribution < 1.29 is 18.8 Å². The quantitative estimate of drug-likeness (QED) is 0.804. The molecule has 2 aromatic rings. The average molecular weight is 347 g/mol. The number of nitrogens with two attached hydrogens (primary N) is 1. The first kappa shape index (κ1) is 17.3. The lowest BCUT2D eigenvalue weighted by atomic mass is 9.81. The lowest BCUT2D eigenvalue weighted by Gasteiger charge is -2.24. The van der Waals surface area contributed by atoms with Crippen molar-refractivity contribution in [3.05, 3.63) is 17.9 Å². The fourth-order valence-electron chi connectivity index (χ4n) is 3.11. The van der Waals surface area contributed by atoms with Gasteiger partial charge in [0.1, 0.15) is 12.4 Å². The highest BCUT2D eigenvalue weighted by Crippen LogP contribution is 2.36. The standard InChI is InChI=1S/C16H21N5O4/c1-23-8-12-18-7-11(13(17)19-12)14-20-15(25-21-14)9-4-3-5-10(6-9)16(22)24-2/h7,9-10H,3-6,8H2,1-2H3,(H2,17,18,19). The van der Waals surface area contributed by atoms with Gasteiger partial charge in [-0.25, -0.2) is 9.97 Å². The van der Waals surface area contributed by atoms with Gasteiger partial charge in [-0.3, -0.25) is 4.79 Å². The lowest BCUT2D eigenvalue weighted by molar-refractivity contribution is -0.146. The zero-order valence-corrected chi connectivity index (χ0v) is 14.3. The van der Waals surface area contributed by atoms with Crippen LogP contribution in [0.25, 0.3) is 11.4 Å². The zero-order chi connectivity index (χ0) is 17.8. The number of aromatic nitrogens is 4. The number of rotatable bonds is 5. The van der Waals surface area contributed by atoms with E-state index in [-0.39, 0.29) is 30.2 Å². The molecule has 0 bridgehead atoms. The van der Waals surface area contributed by atoms with Crippen molar-refractivity contribution in [2.24, 2.45) is 5.92 Å². The number of hydrogen-bond acceptors (Lipinski definition) is 9. The molecule has 0 saturated heterocycles. The molecule has 1 saturated carbocycles. The molecule has 0 aromatic carbocycles. The summed E-state index contributed by atoms with van der Waals surface area (Å²) in [6.45, 7) is 0.277. The van der Waals surface area contributed by atoms with Gasteiger partial charge < -0.3 is 19.7 Å². The highest BCUT2D eigenvalue weighted by atomic mass is 16.5. The summed E-state index contributed by atoms with van der Waals surface area (Å²) in [5, 5.41) is 3.99. The van der Waals surface area contributed by atoms with Crippen molar-refractivity contribution in [1.29, 1.82) is 0 Å². The lowest BCUT2D eigenvalue weighted by Crippen LogP contribution is -2.23. The van der Waals surface area contributed by atoms with Crippen molar-refractivity contribution in [2.45, 2.75) is 38.2 Å². The molecule has 1 aliphatic carbocycles. The number of methoxy groups -OCH3 is 2. The Morgan fingerprint density at radius 1 is 1.36 bits per heavy atom. The van der Waals surface area contributed by atoms with Crippen LogP contribution in [0.5, 0.6) is 0 Å². The van der Waals surface area contributed by atoms with Crippen LogP contribution in [0.3, 0.4) is 0 Å². The van der Waals surface area contributed by atoms with Crippen molar-refractivity contribution in [2.75, 3.05) is 20.0 Å². The predicted molar refractivity (Wildman–Crippen MR) is 87.2 cm³/mol. The number of carbonyl (C=O) groups is 1. The number of esters is 1. The Balaban J connectivity index is 1.77. The van der Waals surface area contributed by atoms with E-state index in [1.807, 2.05) is 0 Å². The molecule has 3 rings (SSSR count). The molecular formula is C16H21N5O4. The smallest absolute Gasteiger partial charge is 0.308 e. The number of carbonyl (C=O) groups excluding carboxylic acids is 1. The van der Waals surface area contributed by atoms with E-state index in [1.165, 1.54) is 7.11 Å². The highest BCUT2D eigenvalue weighted by molar-refractivity contribution is 5.72. The van der Waals surface area contributed by atoms with Crippen LogP contribution in [0, 0.1) is 5.92 Å². The van der Waals surface area contributed by atoms with Crippen molar-refractivity contribution in [1.82, 2.24) is 20.1 Å². The van der Waals surface area contributed by atoms with E-state index < -0.39 is 0 Å². The summed E-state index contributed by atoms with van der Waals surface area (Å²) in [4.78, 5) is 24.5. The van der Waals surface area contributed by atoms with E-state index >= 15 is 0 Å². The van der Waals surface area contributed by atoms with Crippen LogP contribution >= 0.6 is 0 Å². The molecule has 134 valence electrons. The molecule has 2 unspecified atom stereocenters. The minimum Gasteiger partial charge on any atom is -0.469 e. The number of ether oxygens (including phenoxy) is 2. The summed E-state index contributed by atoms with van der Waals surface area (Å²) in [6, 6.07) is 0. The summed E-state index contributed by atoms with van der Waals surface area (Å²) in [6.07, 6.45) is 4.84. The van der Waals surface area contributed by atoms with Gasteiger partial charge in [0.15, 0.2) is 5.82 Å². The molecule has 9 nitrogen and oxygen atoms in total.